The minimum absolute atomic E-state index is 0.125. The van der Waals surface area contributed by atoms with Crippen LogP contribution in [0.3, 0.4) is 0 Å². The number of rotatable bonds is 15. The number of hydrogen-bond donors (Lipinski definition) is 9. The van der Waals surface area contributed by atoms with Crippen LogP contribution in [-0.2, 0) is 24.0 Å². The zero-order chi connectivity index (χ0) is 24.1. The molecular weight excluding hydrogens is 416 g/mol. The Morgan fingerprint density at radius 1 is 0.935 bits per heavy atom. The number of unbranched alkanes of at least 4 members (excludes halogenated alkanes) is 1. The summed E-state index contributed by atoms with van der Waals surface area (Å²) in [6.07, 6.45) is -1.04. The molecule has 0 heterocycles. The summed E-state index contributed by atoms with van der Waals surface area (Å²) in [6.45, 7) is 0.865. The molecule has 0 radical (unpaired) electrons. The number of carboxylic acids is 1. The van der Waals surface area contributed by atoms with Gasteiger partial charge in [0.25, 0.3) is 0 Å². The zero-order valence-corrected chi connectivity index (χ0v) is 17.2. The van der Waals surface area contributed by atoms with E-state index in [0.29, 0.717) is 19.4 Å². The van der Waals surface area contributed by atoms with E-state index in [1.807, 2.05) is 5.32 Å². The lowest BCUT2D eigenvalue weighted by Gasteiger charge is -2.26. The average Bonchev–Trinajstić information content (AvgIpc) is 2.68. The maximum atomic E-state index is 12.7. The number of nitrogens with two attached hydrogens (primary N) is 3. The lowest BCUT2D eigenvalue weighted by molar-refractivity contribution is -0.144. The molecule has 14 heteroatoms. The molecule has 0 aliphatic heterocycles. The van der Waals surface area contributed by atoms with Crippen molar-refractivity contribution in [2.24, 2.45) is 17.2 Å². The predicted molar refractivity (Wildman–Crippen MR) is 107 cm³/mol. The van der Waals surface area contributed by atoms with Crippen LogP contribution in [0.5, 0.6) is 0 Å². The molecule has 0 saturated carbocycles. The van der Waals surface area contributed by atoms with Gasteiger partial charge in [-0.2, -0.15) is 0 Å². The molecule has 12 N–H and O–H groups in total. The van der Waals surface area contributed by atoms with E-state index in [9.17, 15) is 29.1 Å². The quantitative estimate of drug-likeness (QED) is 0.108. The normalized spacial score (nSPS) is 15.6. The van der Waals surface area contributed by atoms with Crippen molar-refractivity contribution in [3.63, 3.8) is 0 Å². The standard InChI is InChI=1S/C17H32N6O8/c1-8(25)13(16(29)22-11(17(30)31)6-12(20)26)23-15(28)10(4-2-3-5-18)21-14(27)9(19)7-24/h8-11,13,24-25H,2-7,18-19H2,1H3,(H2,20,26)(H,21,27)(H,22,29)(H,23,28)(H,30,31). The SMILES string of the molecule is CC(O)C(NC(=O)C(CCCCN)NC(=O)C(N)CO)C(=O)NC(CC(N)=O)C(=O)O. The first-order chi connectivity index (χ1) is 14.4. The second-order valence-corrected chi connectivity index (χ2v) is 6.93. The van der Waals surface area contributed by atoms with Gasteiger partial charge in [-0.05, 0) is 32.7 Å². The Balaban J connectivity index is 5.38. The molecular formula is C17H32N6O8. The van der Waals surface area contributed by atoms with Crippen molar-refractivity contribution in [1.29, 1.82) is 0 Å². The number of aliphatic carboxylic acids is 1. The number of hydrogen-bond acceptors (Lipinski definition) is 9. The number of carbonyl (C=O) groups excluding carboxylic acids is 4. The number of nitrogens with one attached hydrogen (secondary N) is 3. The van der Waals surface area contributed by atoms with Gasteiger partial charge in [-0.3, -0.25) is 19.2 Å². The van der Waals surface area contributed by atoms with E-state index in [0.717, 1.165) is 0 Å². The second-order valence-electron chi connectivity index (χ2n) is 6.93. The monoisotopic (exact) mass is 448 g/mol. The molecule has 0 aromatic heterocycles. The molecule has 0 fully saturated rings. The topological polar surface area (TPSA) is 260 Å². The lowest BCUT2D eigenvalue weighted by atomic mass is 10.1. The number of aliphatic hydroxyl groups is 2. The summed E-state index contributed by atoms with van der Waals surface area (Å²) in [7, 11) is 0. The maximum absolute atomic E-state index is 12.7. The summed E-state index contributed by atoms with van der Waals surface area (Å²) < 4.78 is 0. The van der Waals surface area contributed by atoms with Crippen molar-refractivity contribution in [1.82, 2.24) is 16.0 Å². The van der Waals surface area contributed by atoms with Crippen molar-refractivity contribution in [3.8, 4) is 0 Å². The molecule has 0 aliphatic rings. The first-order valence-electron chi connectivity index (χ1n) is 9.61. The fourth-order valence-electron chi connectivity index (χ4n) is 2.45. The van der Waals surface area contributed by atoms with E-state index in [-0.39, 0.29) is 6.42 Å². The van der Waals surface area contributed by atoms with Crippen molar-refractivity contribution < 1.29 is 39.3 Å². The van der Waals surface area contributed by atoms with E-state index in [2.05, 4.69) is 10.6 Å². The number of primary amides is 1. The van der Waals surface area contributed by atoms with Gasteiger partial charge in [0.1, 0.15) is 24.2 Å². The fraction of sp³-hybridized carbons (Fsp3) is 0.706. The Hall–Kier alpha value is -2.81. The average molecular weight is 448 g/mol. The van der Waals surface area contributed by atoms with Gasteiger partial charge in [-0.15, -0.1) is 0 Å². The lowest BCUT2D eigenvalue weighted by Crippen LogP contribution is -2.60. The van der Waals surface area contributed by atoms with Crippen LogP contribution in [0, 0.1) is 0 Å². The van der Waals surface area contributed by atoms with Gasteiger partial charge < -0.3 is 48.5 Å². The zero-order valence-electron chi connectivity index (χ0n) is 17.2. The minimum Gasteiger partial charge on any atom is -0.480 e. The molecule has 14 nitrogen and oxygen atoms in total. The fourth-order valence-corrected chi connectivity index (χ4v) is 2.45. The summed E-state index contributed by atoms with van der Waals surface area (Å²) in [5.74, 6) is -5.24. The molecule has 0 aliphatic carbocycles. The number of aliphatic hydroxyl groups excluding tert-OH is 2. The van der Waals surface area contributed by atoms with Crippen LogP contribution in [0.4, 0.5) is 0 Å². The Morgan fingerprint density at radius 3 is 1.97 bits per heavy atom. The number of carboxylic acid groups (broad SMARTS) is 1. The van der Waals surface area contributed by atoms with Crippen LogP contribution in [-0.4, -0.2) is 88.3 Å². The highest BCUT2D eigenvalue weighted by molar-refractivity contribution is 5.95. The molecule has 0 aromatic rings. The van der Waals surface area contributed by atoms with E-state index in [4.69, 9.17) is 27.4 Å². The Labute approximate surface area is 178 Å². The third-order valence-corrected chi connectivity index (χ3v) is 4.20. The van der Waals surface area contributed by atoms with Crippen LogP contribution in [0.1, 0.15) is 32.6 Å². The van der Waals surface area contributed by atoms with Gasteiger partial charge in [0.2, 0.25) is 23.6 Å². The van der Waals surface area contributed by atoms with E-state index in [1.54, 1.807) is 0 Å². The molecule has 0 spiro atoms. The third kappa shape index (κ3) is 10.7. The largest absolute Gasteiger partial charge is 0.480 e. The molecule has 0 rings (SSSR count). The highest BCUT2D eigenvalue weighted by Gasteiger charge is 2.33. The van der Waals surface area contributed by atoms with Crippen molar-refractivity contribution in [2.75, 3.05) is 13.2 Å². The summed E-state index contributed by atoms with van der Waals surface area (Å²) in [6, 6.07) is -5.69. The number of amides is 4. The highest BCUT2D eigenvalue weighted by atomic mass is 16.4. The molecule has 31 heavy (non-hydrogen) atoms. The van der Waals surface area contributed by atoms with Gasteiger partial charge in [0, 0.05) is 0 Å². The first kappa shape index (κ1) is 28.2. The molecule has 0 bridgehead atoms. The van der Waals surface area contributed by atoms with Crippen molar-refractivity contribution in [2.45, 2.75) is 62.9 Å². The van der Waals surface area contributed by atoms with Gasteiger partial charge in [0.05, 0.1) is 19.1 Å². The van der Waals surface area contributed by atoms with Crippen LogP contribution in [0.2, 0.25) is 0 Å². The van der Waals surface area contributed by atoms with Crippen molar-refractivity contribution in [3.05, 3.63) is 0 Å². The highest BCUT2D eigenvalue weighted by Crippen LogP contribution is 2.04. The van der Waals surface area contributed by atoms with E-state index < -0.39 is 72.9 Å². The summed E-state index contributed by atoms with van der Waals surface area (Å²) in [5.41, 5.74) is 15.8. The predicted octanol–water partition coefficient (Wildman–Crippen LogP) is -4.77. The molecule has 0 saturated heterocycles. The summed E-state index contributed by atoms with van der Waals surface area (Å²) in [4.78, 5) is 59.2. The maximum Gasteiger partial charge on any atom is 0.326 e. The van der Waals surface area contributed by atoms with E-state index >= 15 is 0 Å². The van der Waals surface area contributed by atoms with Crippen LogP contribution < -0.4 is 33.2 Å². The smallest absolute Gasteiger partial charge is 0.326 e. The van der Waals surface area contributed by atoms with Crippen LogP contribution in [0.25, 0.3) is 0 Å². The van der Waals surface area contributed by atoms with Gasteiger partial charge in [-0.25, -0.2) is 4.79 Å². The Morgan fingerprint density at radius 2 is 1.52 bits per heavy atom. The van der Waals surface area contributed by atoms with Gasteiger partial charge in [-0.1, -0.05) is 0 Å². The molecule has 5 unspecified atom stereocenters. The van der Waals surface area contributed by atoms with Crippen LogP contribution in [0.15, 0.2) is 0 Å². The van der Waals surface area contributed by atoms with Crippen molar-refractivity contribution >= 4 is 29.6 Å². The van der Waals surface area contributed by atoms with Crippen LogP contribution >= 0.6 is 0 Å². The van der Waals surface area contributed by atoms with Gasteiger partial charge >= 0.3 is 5.97 Å². The first-order valence-corrected chi connectivity index (χ1v) is 9.61. The second kappa shape index (κ2) is 14.2. The third-order valence-electron chi connectivity index (χ3n) is 4.20. The molecule has 4 amide bonds. The summed E-state index contributed by atoms with van der Waals surface area (Å²) >= 11 is 0. The van der Waals surface area contributed by atoms with Gasteiger partial charge in [0.15, 0.2) is 0 Å². The van der Waals surface area contributed by atoms with E-state index in [1.165, 1.54) is 6.92 Å². The minimum atomic E-state index is -1.66. The number of carbonyl (C=O) groups is 5. The molecule has 0 aromatic carbocycles. The summed E-state index contributed by atoms with van der Waals surface area (Å²) in [5, 5.41) is 34.6. The Bertz CT molecular complexity index is 644. The molecule has 5 atom stereocenters. The Kier molecular flexibility index (Phi) is 12.9. The molecule has 178 valence electrons.